The van der Waals surface area contributed by atoms with E-state index in [9.17, 15) is 0 Å². The number of rotatable bonds is 9. The van der Waals surface area contributed by atoms with Crippen molar-refractivity contribution >= 4 is 23.2 Å². The van der Waals surface area contributed by atoms with Crippen molar-refractivity contribution in [3.8, 4) is 0 Å². The minimum atomic E-state index is 0.629. The second-order valence-electron chi connectivity index (χ2n) is 8.16. The van der Waals surface area contributed by atoms with E-state index in [0.717, 1.165) is 89.5 Å². The molecular weight excluding hydrogens is 398 g/mol. The van der Waals surface area contributed by atoms with Crippen LogP contribution in [0.1, 0.15) is 26.7 Å². The van der Waals surface area contributed by atoms with Crippen LogP contribution in [0.25, 0.3) is 0 Å². The molecule has 0 saturated carbocycles. The first kappa shape index (κ1) is 23.2. The third-order valence-corrected chi connectivity index (χ3v) is 6.15. The fourth-order valence-electron chi connectivity index (χ4n) is 4.25. The maximum Gasteiger partial charge on any atom is 0.193 e. The molecule has 168 valence electrons. The molecule has 0 radical (unpaired) electrons. The number of piperazine rings is 1. The third kappa shape index (κ3) is 7.03. The highest BCUT2D eigenvalue weighted by molar-refractivity contribution is 6.30. The number of aliphatic imine (C=N–C) groups is 1. The van der Waals surface area contributed by atoms with Gasteiger partial charge in [-0.15, -0.1) is 0 Å². The summed E-state index contributed by atoms with van der Waals surface area (Å²) >= 11 is 6.14. The fraction of sp³-hybridized carbons (Fsp3) is 0.696. The number of halogens is 1. The second kappa shape index (κ2) is 12.4. The molecule has 1 unspecified atom stereocenters. The van der Waals surface area contributed by atoms with E-state index in [1.807, 2.05) is 12.1 Å². The largest absolute Gasteiger partial charge is 0.381 e. The molecule has 2 fully saturated rings. The monoisotopic (exact) mass is 435 g/mol. The van der Waals surface area contributed by atoms with Gasteiger partial charge in [-0.2, -0.15) is 0 Å². The molecule has 0 bridgehead atoms. The molecule has 2 aliphatic heterocycles. The first-order valence-electron chi connectivity index (χ1n) is 11.5. The predicted octanol–water partition coefficient (Wildman–Crippen LogP) is 3.18. The van der Waals surface area contributed by atoms with Gasteiger partial charge in [-0.1, -0.05) is 17.7 Å². The van der Waals surface area contributed by atoms with Crippen molar-refractivity contribution in [1.82, 2.24) is 15.1 Å². The molecule has 6 nitrogen and oxygen atoms in total. The summed E-state index contributed by atoms with van der Waals surface area (Å²) in [6.07, 6.45) is 2.30. The van der Waals surface area contributed by atoms with E-state index in [-0.39, 0.29) is 0 Å². The van der Waals surface area contributed by atoms with Crippen LogP contribution in [-0.2, 0) is 4.74 Å². The molecule has 30 heavy (non-hydrogen) atoms. The molecule has 1 atom stereocenters. The van der Waals surface area contributed by atoms with Gasteiger partial charge in [0.2, 0.25) is 0 Å². The first-order chi connectivity index (χ1) is 14.7. The van der Waals surface area contributed by atoms with Crippen LogP contribution in [0.3, 0.4) is 0 Å². The number of nitrogens with zero attached hydrogens (tertiary/aromatic N) is 4. The predicted molar refractivity (Wildman–Crippen MR) is 127 cm³/mol. The lowest BCUT2D eigenvalue weighted by Gasteiger charge is -2.36. The van der Waals surface area contributed by atoms with Crippen molar-refractivity contribution in [1.29, 1.82) is 0 Å². The molecule has 2 saturated heterocycles. The molecule has 0 aliphatic carbocycles. The Morgan fingerprint density at radius 2 is 2.03 bits per heavy atom. The number of hydrogen-bond acceptors (Lipinski definition) is 4. The van der Waals surface area contributed by atoms with Gasteiger partial charge in [0.05, 0.1) is 6.61 Å². The highest BCUT2D eigenvalue weighted by Crippen LogP contribution is 2.21. The number of hydrogen-bond donors (Lipinski definition) is 1. The van der Waals surface area contributed by atoms with Crippen LogP contribution in [0.2, 0.25) is 5.02 Å². The lowest BCUT2D eigenvalue weighted by molar-refractivity contribution is 0.114. The molecule has 1 aromatic rings. The number of ether oxygens (including phenoxy) is 1. The lowest BCUT2D eigenvalue weighted by atomic mass is 10.1. The van der Waals surface area contributed by atoms with Crippen molar-refractivity contribution in [2.75, 3.05) is 77.0 Å². The lowest BCUT2D eigenvalue weighted by Crippen LogP contribution is -2.46. The van der Waals surface area contributed by atoms with E-state index in [1.165, 1.54) is 12.1 Å². The summed E-state index contributed by atoms with van der Waals surface area (Å²) in [5, 5.41) is 4.28. The van der Waals surface area contributed by atoms with Crippen LogP contribution >= 0.6 is 11.6 Å². The summed E-state index contributed by atoms with van der Waals surface area (Å²) in [5.41, 5.74) is 1.23. The number of nitrogens with one attached hydrogen (secondary N) is 1. The minimum Gasteiger partial charge on any atom is -0.381 e. The topological polar surface area (TPSA) is 43.3 Å². The van der Waals surface area contributed by atoms with E-state index < -0.39 is 0 Å². The Kier molecular flexibility index (Phi) is 9.56. The summed E-state index contributed by atoms with van der Waals surface area (Å²) in [6, 6.07) is 8.18. The van der Waals surface area contributed by atoms with Crippen LogP contribution in [-0.4, -0.2) is 87.9 Å². The van der Waals surface area contributed by atoms with Gasteiger partial charge in [0, 0.05) is 82.1 Å². The van der Waals surface area contributed by atoms with Crippen molar-refractivity contribution in [3.63, 3.8) is 0 Å². The molecule has 0 spiro atoms. The first-order valence-corrected chi connectivity index (χ1v) is 11.9. The van der Waals surface area contributed by atoms with Crippen molar-refractivity contribution in [2.45, 2.75) is 26.7 Å². The molecule has 1 N–H and O–H groups in total. The van der Waals surface area contributed by atoms with Gasteiger partial charge in [-0.3, -0.25) is 9.89 Å². The van der Waals surface area contributed by atoms with Crippen LogP contribution in [0.4, 0.5) is 5.69 Å². The van der Waals surface area contributed by atoms with Gasteiger partial charge in [0.25, 0.3) is 0 Å². The van der Waals surface area contributed by atoms with Gasteiger partial charge < -0.3 is 19.9 Å². The SMILES string of the molecule is CCNC(=NCCCN1CCN(c2cccc(Cl)c2)CC1)N1CCC(COCC)C1. The molecule has 2 heterocycles. The zero-order valence-corrected chi connectivity index (χ0v) is 19.4. The standard InChI is InChI=1S/C23H38ClN5O/c1-3-25-23(29-12-9-20(18-29)19-30-4-2)26-10-6-11-27-13-15-28(16-14-27)22-8-5-7-21(24)17-22/h5,7-8,17,20H,3-4,6,9-16,18-19H2,1-2H3,(H,25,26). The number of guanidine groups is 1. The highest BCUT2D eigenvalue weighted by Gasteiger charge is 2.24. The van der Waals surface area contributed by atoms with Crippen molar-refractivity contribution in [3.05, 3.63) is 29.3 Å². The second-order valence-corrected chi connectivity index (χ2v) is 8.59. The molecule has 2 aliphatic rings. The van der Waals surface area contributed by atoms with Gasteiger partial charge >= 0.3 is 0 Å². The quantitative estimate of drug-likeness (QED) is 0.366. The normalized spacial score (nSPS) is 20.8. The van der Waals surface area contributed by atoms with Crippen LogP contribution in [0, 0.1) is 5.92 Å². The van der Waals surface area contributed by atoms with Gasteiger partial charge in [-0.25, -0.2) is 0 Å². The van der Waals surface area contributed by atoms with E-state index >= 15 is 0 Å². The Balaban J connectivity index is 1.38. The van der Waals surface area contributed by atoms with Crippen LogP contribution in [0.5, 0.6) is 0 Å². The fourth-order valence-corrected chi connectivity index (χ4v) is 4.44. The maximum absolute atomic E-state index is 6.14. The minimum absolute atomic E-state index is 0.629. The number of likely N-dealkylation sites (tertiary alicyclic amines) is 1. The molecular formula is C23H38ClN5O. The van der Waals surface area contributed by atoms with Gasteiger partial charge in [-0.05, 0) is 44.9 Å². The van der Waals surface area contributed by atoms with Crippen LogP contribution in [0.15, 0.2) is 29.3 Å². The Morgan fingerprint density at radius 1 is 1.20 bits per heavy atom. The summed E-state index contributed by atoms with van der Waals surface area (Å²) in [7, 11) is 0. The van der Waals surface area contributed by atoms with E-state index in [0.29, 0.717) is 5.92 Å². The summed E-state index contributed by atoms with van der Waals surface area (Å²) in [4.78, 5) is 12.3. The Bertz CT molecular complexity index is 663. The van der Waals surface area contributed by atoms with Crippen molar-refractivity contribution < 1.29 is 4.74 Å². The summed E-state index contributed by atoms with van der Waals surface area (Å²) in [6.45, 7) is 15.2. The molecule has 0 aromatic heterocycles. The van der Waals surface area contributed by atoms with E-state index in [2.05, 4.69) is 46.0 Å². The average molecular weight is 436 g/mol. The van der Waals surface area contributed by atoms with E-state index in [4.69, 9.17) is 21.3 Å². The maximum atomic E-state index is 6.14. The van der Waals surface area contributed by atoms with Crippen molar-refractivity contribution in [2.24, 2.45) is 10.9 Å². The highest BCUT2D eigenvalue weighted by atomic mass is 35.5. The molecule has 3 rings (SSSR count). The smallest absolute Gasteiger partial charge is 0.193 e. The third-order valence-electron chi connectivity index (χ3n) is 5.92. The Labute approximate surface area is 187 Å². The molecule has 0 amide bonds. The zero-order valence-electron chi connectivity index (χ0n) is 18.7. The van der Waals surface area contributed by atoms with Crippen LogP contribution < -0.4 is 10.2 Å². The van der Waals surface area contributed by atoms with Gasteiger partial charge in [0.15, 0.2) is 5.96 Å². The van der Waals surface area contributed by atoms with Gasteiger partial charge in [0.1, 0.15) is 0 Å². The summed E-state index contributed by atoms with van der Waals surface area (Å²) in [5.74, 6) is 1.70. The number of benzene rings is 1. The molecule has 1 aromatic carbocycles. The van der Waals surface area contributed by atoms with E-state index in [1.54, 1.807) is 0 Å². The Morgan fingerprint density at radius 3 is 2.77 bits per heavy atom. The average Bonchev–Trinajstić information content (AvgIpc) is 3.24. The zero-order chi connectivity index (χ0) is 21.2. The summed E-state index contributed by atoms with van der Waals surface area (Å²) < 4.78 is 5.61. The molecule has 7 heteroatoms. The number of anilines is 1. The Hall–Kier alpha value is -1.50.